The van der Waals surface area contributed by atoms with Crippen molar-refractivity contribution >= 4 is 11.5 Å². The first-order valence-corrected chi connectivity index (χ1v) is 7.68. The highest BCUT2D eigenvalue weighted by molar-refractivity contribution is 6.28. The summed E-state index contributed by atoms with van der Waals surface area (Å²) >= 11 is 0. The van der Waals surface area contributed by atoms with E-state index in [9.17, 15) is 4.79 Å². The van der Waals surface area contributed by atoms with Crippen LogP contribution in [0.3, 0.4) is 0 Å². The quantitative estimate of drug-likeness (QED) is 0.801. The van der Waals surface area contributed by atoms with E-state index in [-0.39, 0.29) is 5.78 Å². The maximum Gasteiger partial charge on any atom is 0.211 e. The Morgan fingerprint density at radius 3 is 2.55 bits per heavy atom. The molecule has 0 N–H and O–H groups in total. The second kappa shape index (κ2) is 4.87. The van der Waals surface area contributed by atoms with Gasteiger partial charge in [-0.05, 0) is 18.8 Å². The van der Waals surface area contributed by atoms with Crippen LogP contribution in [-0.2, 0) is 4.84 Å². The average molecular weight is 297 g/mol. The molecular formula is C17H19N3O2. The number of rotatable bonds is 3. The van der Waals surface area contributed by atoms with E-state index in [2.05, 4.69) is 10.1 Å². The second-order valence-corrected chi connectivity index (χ2v) is 6.29. The van der Waals surface area contributed by atoms with Gasteiger partial charge in [0.2, 0.25) is 5.78 Å². The number of benzene rings is 1. The van der Waals surface area contributed by atoms with Crippen LogP contribution in [0.1, 0.15) is 28.8 Å². The van der Waals surface area contributed by atoms with Gasteiger partial charge in [-0.1, -0.05) is 29.4 Å². The Labute approximate surface area is 129 Å². The first-order valence-electron chi connectivity index (χ1n) is 7.68. The molecule has 1 heterocycles. The van der Waals surface area contributed by atoms with E-state index in [1.54, 1.807) is 0 Å². The predicted molar refractivity (Wildman–Crippen MR) is 83.4 cm³/mol. The van der Waals surface area contributed by atoms with Crippen LogP contribution in [0, 0.1) is 5.92 Å². The second-order valence-electron chi connectivity index (χ2n) is 6.29. The molecule has 0 spiro atoms. The molecule has 4 rings (SSSR count). The summed E-state index contributed by atoms with van der Waals surface area (Å²) in [7, 11) is 3.92. The van der Waals surface area contributed by atoms with Gasteiger partial charge in [0.25, 0.3) is 0 Å². The van der Waals surface area contributed by atoms with E-state index in [0.29, 0.717) is 24.8 Å². The molecule has 0 saturated heterocycles. The molecule has 5 heteroatoms. The van der Waals surface area contributed by atoms with Crippen molar-refractivity contribution in [1.82, 2.24) is 9.80 Å². The van der Waals surface area contributed by atoms with Gasteiger partial charge in [0.1, 0.15) is 18.0 Å². The minimum Gasteiger partial charge on any atom is -0.395 e. The third-order valence-corrected chi connectivity index (χ3v) is 4.44. The van der Waals surface area contributed by atoms with Crippen LogP contribution in [0.2, 0.25) is 0 Å². The number of oxime groups is 1. The standard InChI is InChI=1S/C17H19N3O2/c1-19-10-20(2)16-15(19)14(18-22-9-11-7-8-11)12-5-3-4-6-13(12)17(16)21/h3-6,11H,7-10H2,1-2H3. The fraction of sp³-hybridized carbons (Fsp3) is 0.412. The summed E-state index contributed by atoms with van der Waals surface area (Å²) in [4.78, 5) is 22.4. The molecule has 5 nitrogen and oxygen atoms in total. The van der Waals surface area contributed by atoms with Crippen LogP contribution in [-0.4, -0.2) is 48.7 Å². The molecule has 1 aromatic carbocycles. The van der Waals surface area contributed by atoms with E-state index in [1.807, 2.05) is 43.3 Å². The maximum atomic E-state index is 12.8. The van der Waals surface area contributed by atoms with Crippen molar-refractivity contribution in [3.05, 3.63) is 46.8 Å². The Bertz CT molecular complexity index is 704. The highest BCUT2D eigenvalue weighted by Crippen LogP contribution is 2.34. The van der Waals surface area contributed by atoms with Gasteiger partial charge in [0.05, 0.1) is 12.4 Å². The smallest absolute Gasteiger partial charge is 0.211 e. The molecule has 1 fully saturated rings. The van der Waals surface area contributed by atoms with E-state index in [0.717, 1.165) is 22.7 Å². The number of hydrogen-bond acceptors (Lipinski definition) is 5. The van der Waals surface area contributed by atoms with E-state index in [4.69, 9.17) is 4.84 Å². The number of carbonyl (C=O) groups is 1. The molecular weight excluding hydrogens is 278 g/mol. The van der Waals surface area contributed by atoms with E-state index in [1.165, 1.54) is 12.8 Å². The van der Waals surface area contributed by atoms with Crippen molar-refractivity contribution in [2.24, 2.45) is 11.1 Å². The minimum absolute atomic E-state index is 0.0681. The van der Waals surface area contributed by atoms with Gasteiger partial charge in [-0.2, -0.15) is 0 Å². The normalized spacial score (nSPS) is 22.3. The van der Waals surface area contributed by atoms with Gasteiger partial charge < -0.3 is 14.6 Å². The van der Waals surface area contributed by atoms with Gasteiger partial charge in [-0.3, -0.25) is 4.79 Å². The van der Waals surface area contributed by atoms with Crippen LogP contribution in [0.5, 0.6) is 0 Å². The summed E-state index contributed by atoms with van der Waals surface area (Å²) < 4.78 is 0. The molecule has 0 radical (unpaired) electrons. The number of carbonyl (C=O) groups excluding carboxylic acids is 1. The fourth-order valence-electron chi connectivity index (χ4n) is 3.12. The van der Waals surface area contributed by atoms with Gasteiger partial charge in [0, 0.05) is 25.2 Å². The van der Waals surface area contributed by atoms with Gasteiger partial charge >= 0.3 is 0 Å². The molecule has 22 heavy (non-hydrogen) atoms. The molecule has 0 atom stereocenters. The molecule has 1 aliphatic heterocycles. The lowest BCUT2D eigenvalue weighted by Crippen LogP contribution is -2.27. The molecule has 1 aromatic rings. The van der Waals surface area contributed by atoms with Crippen LogP contribution in [0.15, 0.2) is 40.8 Å². The van der Waals surface area contributed by atoms with Crippen LogP contribution in [0.25, 0.3) is 0 Å². The summed E-state index contributed by atoms with van der Waals surface area (Å²) in [5, 5.41) is 4.40. The largest absolute Gasteiger partial charge is 0.395 e. The molecule has 3 aliphatic rings. The number of likely N-dealkylation sites (N-methyl/N-ethyl adjacent to an activating group) is 2. The number of Topliss-reactive ketones (excluding diaryl/α,β-unsaturated/α-hetero) is 1. The molecule has 0 bridgehead atoms. The van der Waals surface area contributed by atoms with Crippen molar-refractivity contribution in [3.63, 3.8) is 0 Å². The Balaban J connectivity index is 1.80. The van der Waals surface area contributed by atoms with Crippen molar-refractivity contribution in [3.8, 4) is 0 Å². The third kappa shape index (κ3) is 2.00. The van der Waals surface area contributed by atoms with Crippen molar-refractivity contribution < 1.29 is 9.63 Å². The lowest BCUT2D eigenvalue weighted by atomic mass is 9.90. The Morgan fingerprint density at radius 1 is 1.14 bits per heavy atom. The zero-order chi connectivity index (χ0) is 15.3. The third-order valence-electron chi connectivity index (χ3n) is 4.44. The SMILES string of the molecule is CN1CN(C)C2=C1C(=O)c1ccccc1C2=NOCC1CC1. The Kier molecular flexibility index (Phi) is 2.96. The predicted octanol–water partition coefficient (Wildman–Crippen LogP) is 2.06. The molecule has 1 saturated carbocycles. The minimum atomic E-state index is 0.0681. The topological polar surface area (TPSA) is 45.1 Å². The number of hydrogen-bond donors (Lipinski definition) is 0. The monoisotopic (exact) mass is 297 g/mol. The highest BCUT2D eigenvalue weighted by Gasteiger charge is 2.39. The zero-order valence-corrected chi connectivity index (χ0v) is 12.9. The van der Waals surface area contributed by atoms with E-state index < -0.39 is 0 Å². The fourth-order valence-corrected chi connectivity index (χ4v) is 3.12. The zero-order valence-electron chi connectivity index (χ0n) is 12.9. The number of fused-ring (bicyclic) bond motifs is 1. The van der Waals surface area contributed by atoms with Crippen molar-refractivity contribution in [1.29, 1.82) is 0 Å². The van der Waals surface area contributed by atoms with Gasteiger partial charge in [0.15, 0.2) is 0 Å². The van der Waals surface area contributed by atoms with Crippen LogP contribution in [0.4, 0.5) is 0 Å². The average Bonchev–Trinajstić information content (AvgIpc) is 3.28. The van der Waals surface area contributed by atoms with Crippen molar-refractivity contribution in [2.75, 3.05) is 27.4 Å². The summed E-state index contributed by atoms with van der Waals surface area (Å²) in [5.41, 5.74) is 3.94. The van der Waals surface area contributed by atoms with Gasteiger partial charge in [-0.25, -0.2) is 0 Å². The first kappa shape index (κ1) is 13.4. The lowest BCUT2D eigenvalue weighted by molar-refractivity contribution is 0.100. The highest BCUT2D eigenvalue weighted by atomic mass is 16.6. The van der Waals surface area contributed by atoms with Crippen LogP contribution >= 0.6 is 0 Å². The molecule has 0 unspecified atom stereocenters. The van der Waals surface area contributed by atoms with Crippen molar-refractivity contribution in [2.45, 2.75) is 12.8 Å². The number of ketones is 1. The first-order chi connectivity index (χ1) is 10.7. The Hall–Kier alpha value is -2.30. The molecule has 2 aliphatic carbocycles. The summed E-state index contributed by atoms with van der Waals surface area (Å²) in [6.07, 6.45) is 2.47. The summed E-state index contributed by atoms with van der Waals surface area (Å²) in [6.45, 7) is 1.35. The Morgan fingerprint density at radius 2 is 1.82 bits per heavy atom. The van der Waals surface area contributed by atoms with Gasteiger partial charge in [-0.15, -0.1) is 0 Å². The molecule has 114 valence electrons. The summed E-state index contributed by atoms with van der Waals surface area (Å²) in [5.74, 6) is 0.723. The maximum absolute atomic E-state index is 12.8. The lowest BCUT2D eigenvalue weighted by Gasteiger charge is -2.22. The van der Waals surface area contributed by atoms with Crippen LogP contribution < -0.4 is 0 Å². The molecule has 0 aromatic heterocycles. The number of allylic oxidation sites excluding steroid dienone is 2. The molecule has 0 amide bonds. The van der Waals surface area contributed by atoms with E-state index >= 15 is 0 Å². The summed E-state index contributed by atoms with van der Waals surface area (Å²) in [6, 6.07) is 7.64. The number of nitrogens with zero attached hydrogens (tertiary/aromatic N) is 3.